The van der Waals surface area contributed by atoms with Gasteiger partial charge in [-0.15, -0.1) is 0 Å². The van der Waals surface area contributed by atoms with Gasteiger partial charge in [0.2, 0.25) is 0 Å². The fourth-order valence-corrected chi connectivity index (χ4v) is 3.91. The fraction of sp³-hybridized carbons (Fsp3) is 0.538. The molecule has 1 saturated heterocycles. The highest BCUT2D eigenvalue weighted by atomic mass is 19.4. The highest BCUT2D eigenvalue weighted by molar-refractivity contribution is 5.94. The van der Waals surface area contributed by atoms with Crippen molar-refractivity contribution >= 4 is 11.9 Å². The predicted octanol–water partition coefficient (Wildman–Crippen LogP) is 0.276. The van der Waals surface area contributed by atoms with Gasteiger partial charge in [0, 0.05) is 13.5 Å². The standard InChI is InChI=1S/C13H13F3N4O3/c1-19-11(22)18-9-8-6(4-12(9,19)23)20-5(10(21)17-8)2-3-7(20)13(14,15)16/h2-3,6,8-9,23H,4H2,1H3,(H,17,21)(H,18,22)/t6-,8-,9+,12+/m1/s1. The Morgan fingerprint density at radius 1 is 1.30 bits per heavy atom. The van der Waals surface area contributed by atoms with E-state index in [4.69, 9.17) is 0 Å². The highest BCUT2D eigenvalue weighted by Gasteiger charge is 2.64. The van der Waals surface area contributed by atoms with Crippen molar-refractivity contribution in [3.63, 3.8) is 0 Å². The molecule has 10 heteroatoms. The van der Waals surface area contributed by atoms with Crippen molar-refractivity contribution in [1.29, 1.82) is 0 Å². The number of halogens is 3. The van der Waals surface area contributed by atoms with Crippen molar-refractivity contribution in [1.82, 2.24) is 20.1 Å². The first-order chi connectivity index (χ1) is 10.6. The molecule has 1 saturated carbocycles. The summed E-state index contributed by atoms with van der Waals surface area (Å²) in [4.78, 5) is 24.9. The Hall–Kier alpha value is -2.23. The van der Waals surface area contributed by atoms with E-state index >= 15 is 0 Å². The lowest BCUT2D eigenvalue weighted by molar-refractivity contribution is -0.144. The Balaban J connectivity index is 1.84. The third-order valence-electron chi connectivity index (χ3n) is 5.02. The summed E-state index contributed by atoms with van der Waals surface area (Å²) < 4.78 is 40.6. The van der Waals surface area contributed by atoms with Gasteiger partial charge in [0.05, 0.1) is 12.1 Å². The van der Waals surface area contributed by atoms with Gasteiger partial charge >= 0.3 is 12.2 Å². The van der Waals surface area contributed by atoms with Crippen molar-refractivity contribution < 1.29 is 27.9 Å². The number of nitrogens with one attached hydrogen (secondary N) is 2. The van der Waals surface area contributed by atoms with E-state index in [-0.39, 0.29) is 12.1 Å². The van der Waals surface area contributed by atoms with E-state index in [9.17, 15) is 27.9 Å². The number of aromatic nitrogens is 1. The van der Waals surface area contributed by atoms with Gasteiger partial charge in [-0.05, 0) is 12.1 Å². The van der Waals surface area contributed by atoms with Crippen LogP contribution in [0.25, 0.3) is 0 Å². The Bertz CT molecular complexity index is 731. The molecule has 1 aliphatic carbocycles. The van der Waals surface area contributed by atoms with Gasteiger partial charge in [0.1, 0.15) is 17.4 Å². The molecule has 2 fully saturated rings. The van der Waals surface area contributed by atoms with Crippen LogP contribution in [0.5, 0.6) is 0 Å². The zero-order valence-corrected chi connectivity index (χ0v) is 11.9. The molecule has 7 nitrogen and oxygen atoms in total. The number of urea groups is 1. The van der Waals surface area contributed by atoms with E-state index in [1.165, 1.54) is 7.05 Å². The first-order valence-electron chi connectivity index (χ1n) is 7.00. The van der Waals surface area contributed by atoms with Crippen molar-refractivity contribution in [2.24, 2.45) is 0 Å². The SMILES string of the molecule is CN1C(=O)N[C@H]2[C@@H]3NC(=O)c4ccc(C(F)(F)F)n4[C@@H]3C[C@]21O. The van der Waals surface area contributed by atoms with Crippen LogP contribution in [0.2, 0.25) is 0 Å². The Kier molecular flexibility index (Phi) is 2.49. The molecule has 0 aromatic carbocycles. The Morgan fingerprint density at radius 2 is 2.00 bits per heavy atom. The Labute approximate surface area is 128 Å². The third-order valence-corrected chi connectivity index (χ3v) is 5.02. The van der Waals surface area contributed by atoms with Crippen LogP contribution in [0.15, 0.2) is 12.1 Å². The minimum absolute atomic E-state index is 0.101. The molecule has 4 rings (SSSR count). The first kappa shape index (κ1) is 14.4. The number of fused-ring (bicyclic) bond motifs is 5. The van der Waals surface area contributed by atoms with Gasteiger partial charge in [-0.1, -0.05) is 0 Å². The van der Waals surface area contributed by atoms with E-state index in [0.29, 0.717) is 0 Å². The maximum Gasteiger partial charge on any atom is 0.431 e. The molecule has 0 radical (unpaired) electrons. The zero-order valence-electron chi connectivity index (χ0n) is 11.9. The smallest absolute Gasteiger partial charge is 0.368 e. The maximum atomic E-state index is 13.2. The molecular formula is C13H13F3N4O3. The van der Waals surface area contributed by atoms with Gasteiger partial charge in [0.25, 0.3) is 5.91 Å². The lowest BCUT2D eigenvalue weighted by atomic mass is 10.0. The maximum absolute atomic E-state index is 13.2. The van der Waals surface area contributed by atoms with Gasteiger partial charge in [-0.2, -0.15) is 13.2 Å². The molecule has 1 aromatic heterocycles. The number of aliphatic hydroxyl groups is 1. The molecule has 0 spiro atoms. The molecule has 1 aromatic rings. The summed E-state index contributed by atoms with van der Waals surface area (Å²) in [5, 5.41) is 15.9. The van der Waals surface area contributed by atoms with Crippen LogP contribution in [0.3, 0.4) is 0 Å². The van der Waals surface area contributed by atoms with Crippen molar-refractivity contribution in [3.8, 4) is 0 Å². The van der Waals surface area contributed by atoms with Crippen LogP contribution in [-0.4, -0.2) is 51.4 Å². The van der Waals surface area contributed by atoms with Crippen LogP contribution in [0.1, 0.15) is 28.6 Å². The monoisotopic (exact) mass is 330 g/mol. The molecule has 124 valence electrons. The minimum atomic E-state index is -4.62. The zero-order chi connectivity index (χ0) is 16.7. The van der Waals surface area contributed by atoms with E-state index in [1.54, 1.807) is 0 Å². The summed E-state index contributed by atoms with van der Waals surface area (Å²) in [5.74, 6) is -0.658. The average molecular weight is 330 g/mol. The van der Waals surface area contributed by atoms with E-state index < -0.39 is 47.7 Å². The molecule has 3 amide bonds. The second-order valence-corrected chi connectivity index (χ2v) is 6.11. The highest BCUT2D eigenvalue weighted by Crippen LogP contribution is 2.47. The molecule has 3 aliphatic rings. The van der Waals surface area contributed by atoms with Gasteiger partial charge < -0.3 is 20.3 Å². The van der Waals surface area contributed by atoms with Gasteiger partial charge in [-0.3, -0.25) is 9.69 Å². The lowest BCUT2D eigenvalue weighted by Crippen LogP contribution is -2.56. The topological polar surface area (TPSA) is 86.6 Å². The summed E-state index contributed by atoms with van der Waals surface area (Å²) in [6, 6.07) is -1.04. The van der Waals surface area contributed by atoms with Crippen molar-refractivity contribution in [3.05, 3.63) is 23.5 Å². The number of hydrogen-bond acceptors (Lipinski definition) is 3. The number of nitrogens with zero attached hydrogens (tertiary/aromatic N) is 2. The number of likely N-dealkylation sites (N-methyl/N-ethyl adjacent to an activating group) is 1. The Morgan fingerprint density at radius 3 is 2.65 bits per heavy atom. The van der Waals surface area contributed by atoms with Crippen LogP contribution in [0, 0.1) is 0 Å². The average Bonchev–Trinajstić information content (AvgIpc) is 3.06. The number of carbonyl (C=O) groups excluding carboxylic acids is 2. The summed E-state index contributed by atoms with van der Waals surface area (Å²) in [6.07, 6.45) is -4.72. The van der Waals surface area contributed by atoms with Crippen LogP contribution >= 0.6 is 0 Å². The fourth-order valence-electron chi connectivity index (χ4n) is 3.91. The molecule has 0 bridgehead atoms. The summed E-state index contributed by atoms with van der Waals surface area (Å²) >= 11 is 0. The second-order valence-electron chi connectivity index (χ2n) is 6.11. The predicted molar refractivity (Wildman–Crippen MR) is 69.4 cm³/mol. The number of carbonyl (C=O) groups is 2. The van der Waals surface area contributed by atoms with Crippen LogP contribution < -0.4 is 10.6 Å². The molecule has 3 heterocycles. The number of amides is 3. The van der Waals surface area contributed by atoms with E-state index in [2.05, 4.69) is 10.6 Å². The molecule has 0 unspecified atom stereocenters. The van der Waals surface area contributed by atoms with Crippen molar-refractivity contribution in [2.75, 3.05) is 7.05 Å². The van der Waals surface area contributed by atoms with Crippen LogP contribution in [-0.2, 0) is 6.18 Å². The third kappa shape index (κ3) is 1.64. The minimum Gasteiger partial charge on any atom is -0.368 e. The number of rotatable bonds is 0. The summed E-state index contributed by atoms with van der Waals surface area (Å²) in [7, 11) is 1.37. The molecule has 23 heavy (non-hydrogen) atoms. The molecule has 4 atom stereocenters. The van der Waals surface area contributed by atoms with E-state index in [1.807, 2.05) is 0 Å². The quantitative estimate of drug-likeness (QED) is 0.638. The number of hydrogen-bond donors (Lipinski definition) is 3. The van der Waals surface area contributed by atoms with Crippen LogP contribution in [0.4, 0.5) is 18.0 Å². The second kappa shape index (κ2) is 3.99. The first-order valence-corrected chi connectivity index (χ1v) is 7.00. The molecular weight excluding hydrogens is 317 g/mol. The normalized spacial score (nSPS) is 35.5. The van der Waals surface area contributed by atoms with Gasteiger partial charge in [0.15, 0.2) is 5.72 Å². The summed E-state index contributed by atoms with van der Waals surface area (Å²) in [6.45, 7) is 0. The van der Waals surface area contributed by atoms with Crippen molar-refractivity contribution in [2.45, 2.75) is 36.4 Å². The summed E-state index contributed by atoms with van der Waals surface area (Å²) in [5.41, 5.74) is -2.68. The molecule has 2 aliphatic heterocycles. The molecule has 3 N–H and O–H groups in total. The van der Waals surface area contributed by atoms with Gasteiger partial charge in [-0.25, -0.2) is 4.79 Å². The number of alkyl halides is 3. The lowest BCUT2D eigenvalue weighted by Gasteiger charge is -2.33. The van der Waals surface area contributed by atoms with E-state index in [0.717, 1.165) is 21.6 Å². The largest absolute Gasteiger partial charge is 0.431 e.